The maximum Gasteiger partial charge on any atom is 0.416 e. The molecule has 3 aromatic rings. The normalized spacial score (nSPS) is 17.5. The highest BCUT2D eigenvalue weighted by molar-refractivity contribution is 6.47. The number of rotatable bonds is 5. The van der Waals surface area contributed by atoms with Crippen LogP contribution in [-0.4, -0.2) is 33.4 Å². The third kappa shape index (κ3) is 4.32. The number of ketones is 1. The van der Waals surface area contributed by atoms with Gasteiger partial charge in [-0.2, -0.15) is 18.3 Å². The number of nitrogens with one attached hydrogen (secondary N) is 3. The number of Topliss-reactive ketones (excluding diaryl/α,β-unsaturated/α-hetero) is 1. The van der Waals surface area contributed by atoms with Gasteiger partial charge in [-0.05, 0) is 56.7 Å². The van der Waals surface area contributed by atoms with Gasteiger partial charge < -0.3 is 10.6 Å². The zero-order chi connectivity index (χ0) is 26.4. The van der Waals surface area contributed by atoms with E-state index in [0.29, 0.717) is 5.56 Å². The Hall–Kier alpha value is -4.48. The van der Waals surface area contributed by atoms with Crippen LogP contribution in [0.4, 0.5) is 23.7 Å². The SMILES string of the molecule is Cc1nn(-c2cccc(C(F)(F)F)c2)c(C)c1C(=O)C(=O)Nc1cccc(C2(C)NC(=O)NC2=O)c1. The fourth-order valence-corrected chi connectivity index (χ4v) is 3.99. The lowest BCUT2D eigenvalue weighted by Gasteiger charge is -2.21. The van der Waals surface area contributed by atoms with Crippen molar-refractivity contribution in [1.29, 1.82) is 0 Å². The summed E-state index contributed by atoms with van der Waals surface area (Å²) in [6, 6.07) is 9.87. The molecular weight excluding hydrogens is 479 g/mol. The van der Waals surface area contributed by atoms with E-state index in [2.05, 4.69) is 21.0 Å². The molecule has 1 unspecified atom stereocenters. The van der Waals surface area contributed by atoms with Crippen LogP contribution in [0.2, 0.25) is 0 Å². The van der Waals surface area contributed by atoms with Crippen LogP contribution in [0.15, 0.2) is 48.5 Å². The predicted molar refractivity (Wildman–Crippen MR) is 121 cm³/mol. The molecule has 1 aliphatic rings. The van der Waals surface area contributed by atoms with Gasteiger partial charge >= 0.3 is 12.2 Å². The zero-order valence-corrected chi connectivity index (χ0v) is 19.3. The molecule has 36 heavy (non-hydrogen) atoms. The van der Waals surface area contributed by atoms with Crippen LogP contribution in [-0.2, 0) is 21.3 Å². The molecule has 4 amide bonds. The van der Waals surface area contributed by atoms with E-state index in [-0.39, 0.29) is 28.3 Å². The first-order valence-electron chi connectivity index (χ1n) is 10.6. The van der Waals surface area contributed by atoms with Gasteiger partial charge in [-0.1, -0.05) is 18.2 Å². The second kappa shape index (κ2) is 8.63. The number of nitrogens with zero attached hydrogens (tertiary/aromatic N) is 2. The third-order valence-corrected chi connectivity index (χ3v) is 5.89. The van der Waals surface area contributed by atoms with Gasteiger partial charge in [-0.25, -0.2) is 9.48 Å². The summed E-state index contributed by atoms with van der Waals surface area (Å²) in [6.07, 6.45) is -4.56. The van der Waals surface area contributed by atoms with Gasteiger partial charge in [0.15, 0.2) is 0 Å². The standard InChI is InChI=1S/C24H20F3N5O4/c1-12-18(13(2)32(31-12)17-9-5-7-15(11-17)24(25,26)27)19(33)20(34)28-16-8-4-6-14(10-16)23(3)21(35)29-22(36)30-23/h4-11H,1-3H3,(H,28,34)(H2,29,30,35,36). The van der Waals surface area contributed by atoms with Crippen molar-refractivity contribution in [1.82, 2.24) is 20.4 Å². The number of amides is 4. The fourth-order valence-electron chi connectivity index (χ4n) is 3.99. The first-order valence-corrected chi connectivity index (χ1v) is 10.6. The molecule has 1 aromatic heterocycles. The van der Waals surface area contributed by atoms with Gasteiger partial charge in [-0.3, -0.25) is 19.7 Å². The smallest absolute Gasteiger partial charge is 0.320 e. The van der Waals surface area contributed by atoms with E-state index in [1.165, 1.54) is 49.7 Å². The number of aryl methyl sites for hydroxylation is 1. The molecule has 1 aliphatic heterocycles. The topological polar surface area (TPSA) is 122 Å². The summed E-state index contributed by atoms with van der Waals surface area (Å²) < 4.78 is 40.5. The lowest BCUT2D eigenvalue weighted by Crippen LogP contribution is -2.40. The van der Waals surface area contributed by atoms with Crippen molar-refractivity contribution in [2.24, 2.45) is 0 Å². The molecule has 0 spiro atoms. The zero-order valence-electron chi connectivity index (χ0n) is 19.3. The highest BCUT2D eigenvalue weighted by atomic mass is 19.4. The number of imide groups is 1. The van der Waals surface area contributed by atoms with E-state index in [4.69, 9.17) is 0 Å². The van der Waals surface area contributed by atoms with Crippen molar-refractivity contribution in [3.05, 3.63) is 76.6 Å². The van der Waals surface area contributed by atoms with Crippen LogP contribution >= 0.6 is 0 Å². The molecule has 0 bridgehead atoms. The number of halogens is 3. The van der Waals surface area contributed by atoms with Crippen LogP contribution in [0.1, 0.15) is 39.8 Å². The minimum Gasteiger partial charge on any atom is -0.320 e. The van der Waals surface area contributed by atoms with Crippen LogP contribution in [0.25, 0.3) is 5.69 Å². The van der Waals surface area contributed by atoms with E-state index in [0.717, 1.165) is 12.1 Å². The van der Waals surface area contributed by atoms with Gasteiger partial charge in [0, 0.05) is 5.69 Å². The summed E-state index contributed by atoms with van der Waals surface area (Å²) in [5.74, 6) is -2.51. The van der Waals surface area contributed by atoms with Crippen molar-refractivity contribution in [2.45, 2.75) is 32.5 Å². The highest BCUT2D eigenvalue weighted by Gasteiger charge is 2.43. The predicted octanol–water partition coefficient (Wildman–Crippen LogP) is 3.38. The second-order valence-corrected chi connectivity index (χ2v) is 8.40. The number of alkyl halides is 3. The van der Waals surface area contributed by atoms with Gasteiger partial charge in [0.1, 0.15) is 5.54 Å². The lowest BCUT2D eigenvalue weighted by atomic mass is 9.92. The van der Waals surface area contributed by atoms with Crippen molar-refractivity contribution >= 4 is 29.3 Å². The maximum atomic E-state index is 13.1. The van der Waals surface area contributed by atoms with Gasteiger partial charge in [0.2, 0.25) is 0 Å². The third-order valence-electron chi connectivity index (χ3n) is 5.89. The van der Waals surface area contributed by atoms with E-state index in [1.54, 1.807) is 12.1 Å². The Kier molecular flexibility index (Phi) is 5.91. The van der Waals surface area contributed by atoms with Crippen molar-refractivity contribution in [3.8, 4) is 5.69 Å². The molecule has 3 N–H and O–H groups in total. The summed E-state index contributed by atoms with van der Waals surface area (Å²) in [6.45, 7) is 4.44. The molecule has 186 valence electrons. The largest absolute Gasteiger partial charge is 0.416 e. The van der Waals surface area contributed by atoms with Crippen molar-refractivity contribution < 1.29 is 32.3 Å². The first kappa shape index (κ1) is 24.6. The number of urea groups is 1. The first-order chi connectivity index (χ1) is 16.8. The summed E-state index contributed by atoms with van der Waals surface area (Å²) >= 11 is 0. The molecule has 0 aliphatic carbocycles. The molecule has 1 atom stereocenters. The van der Waals surface area contributed by atoms with Gasteiger partial charge in [-0.15, -0.1) is 0 Å². The van der Waals surface area contributed by atoms with Crippen LogP contribution in [0.5, 0.6) is 0 Å². The average molecular weight is 499 g/mol. The van der Waals surface area contributed by atoms with E-state index < -0.39 is 40.9 Å². The molecule has 4 rings (SSSR count). The lowest BCUT2D eigenvalue weighted by molar-refractivity contribution is -0.137. The molecule has 1 saturated heterocycles. The van der Waals surface area contributed by atoms with E-state index in [9.17, 15) is 32.3 Å². The van der Waals surface area contributed by atoms with Gasteiger partial charge in [0.05, 0.1) is 28.2 Å². The number of hydrogen-bond donors (Lipinski definition) is 3. The average Bonchev–Trinajstić information content (AvgIpc) is 3.26. The molecule has 9 nitrogen and oxygen atoms in total. The summed E-state index contributed by atoms with van der Waals surface area (Å²) in [4.78, 5) is 49.5. The quantitative estimate of drug-likeness (QED) is 0.282. The van der Waals surface area contributed by atoms with Crippen LogP contribution in [0, 0.1) is 13.8 Å². The Morgan fingerprint density at radius 3 is 2.39 bits per heavy atom. The molecule has 12 heteroatoms. The monoisotopic (exact) mass is 499 g/mol. The van der Waals surface area contributed by atoms with Crippen molar-refractivity contribution in [2.75, 3.05) is 5.32 Å². The summed E-state index contributed by atoms with van der Waals surface area (Å²) in [5.41, 5.74) is -1.27. The Morgan fingerprint density at radius 2 is 1.75 bits per heavy atom. The number of anilines is 1. The van der Waals surface area contributed by atoms with Crippen LogP contribution < -0.4 is 16.0 Å². The Balaban J connectivity index is 1.60. The van der Waals surface area contributed by atoms with Crippen LogP contribution in [0.3, 0.4) is 0 Å². The Labute approximate surface area is 202 Å². The highest BCUT2D eigenvalue weighted by Crippen LogP contribution is 2.31. The van der Waals surface area contributed by atoms with Gasteiger partial charge in [0.25, 0.3) is 17.6 Å². The molecule has 0 radical (unpaired) electrons. The summed E-state index contributed by atoms with van der Waals surface area (Å²) in [5, 5.41) is 11.3. The number of benzene rings is 2. The molecular formula is C24H20F3N5O4. The van der Waals surface area contributed by atoms with Crippen molar-refractivity contribution in [3.63, 3.8) is 0 Å². The Bertz CT molecular complexity index is 1430. The minimum atomic E-state index is -4.56. The number of aromatic nitrogens is 2. The molecule has 2 aromatic carbocycles. The second-order valence-electron chi connectivity index (χ2n) is 8.40. The maximum absolute atomic E-state index is 13.1. The molecule has 1 fully saturated rings. The van der Waals surface area contributed by atoms with E-state index >= 15 is 0 Å². The van der Waals surface area contributed by atoms with E-state index in [1.807, 2.05) is 0 Å². The Morgan fingerprint density at radius 1 is 1.06 bits per heavy atom. The summed E-state index contributed by atoms with van der Waals surface area (Å²) in [7, 11) is 0. The molecule has 0 saturated carbocycles. The number of carbonyl (C=O) groups excluding carboxylic acids is 4. The minimum absolute atomic E-state index is 0.0459. The number of carbonyl (C=O) groups is 4. The number of hydrogen-bond acceptors (Lipinski definition) is 5. The molecule has 2 heterocycles. The fraction of sp³-hybridized carbons (Fsp3) is 0.208.